The molecule has 3 nitrogen and oxygen atoms in total. The van der Waals surface area contributed by atoms with Gasteiger partial charge in [0, 0.05) is 11.6 Å². The lowest BCUT2D eigenvalue weighted by Gasteiger charge is -2.15. The van der Waals surface area contributed by atoms with Crippen molar-refractivity contribution in [3.8, 4) is 5.75 Å². The van der Waals surface area contributed by atoms with Gasteiger partial charge < -0.3 is 10.1 Å². The van der Waals surface area contributed by atoms with Crippen LogP contribution in [-0.4, -0.2) is 18.6 Å². The van der Waals surface area contributed by atoms with Gasteiger partial charge >= 0.3 is 0 Å². The van der Waals surface area contributed by atoms with E-state index in [0.717, 1.165) is 12.8 Å². The molecule has 0 spiro atoms. The summed E-state index contributed by atoms with van der Waals surface area (Å²) in [5, 5.41) is 3.44. The minimum absolute atomic E-state index is 0.0892. The van der Waals surface area contributed by atoms with E-state index in [0.29, 0.717) is 22.9 Å². The molecule has 0 fully saturated rings. The second-order valence-electron chi connectivity index (χ2n) is 4.07. The van der Waals surface area contributed by atoms with Gasteiger partial charge in [0.25, 0.3) is 5.91 Å². The molecular formula is C14H20ClNO2. The normalized spacial score (nSPS) is 10.5. The summed E-state index contributed by atoms with van der Waals surface area (Å²) in [4.78, 5) is 12.0. The van der Waals surface area contributed by atoms with Crippen molar-refractivity contribution in [2.45, 2.75) is 39.7 Å². The van der Waals surface area contributed by atoms with E-state index >= 15 is 0 Å². The highest BCUT2D eigenvalue weighted by molar-refractivity contribution is 6.32. The van der Waals surface area contributed by atoms with Crippen molar-refractivity contribution in [1.82, 2.24) is 5.32 Å². The van der Waals surface area contributed by atoms with Gasteiger partial charge in [-0.25, -0.2) is 0 Å². The molecule has 0 saturated heterocycles. The zero-order valence-electron chi connectivity index (χ0n) is 11.1. The van der Waals surface area contributed by atoms with Crippen LogP contribution in [-0.2, 0) is 0 Å². The monoisotopic (exact) mass is 269 g/mol. The minimum atomic E-state index is -0.0892. The first-order valence-electron chi connectivity index (χ1n) is 6.35. The Morgan fingerprint density at radius 3 is 2.50 bits per heavy atom. The zero-order chi connectivity index (χ0) is 13.5. The highest BCUT2D eigenvalue weighted by Gasteiger charge is 2.12. The number of halogens is 1. The molecule has 0 unspecified atom stereocenters. The van der Waals surface area contributed by atoms with E-state index in [-0.39, 0.29) is 11.9 Å². The third kappa shape index (κ3) is 3.91. The number of hydrogen-bond acceptors (Lipinski definition) is 2. The van der Waals surface area contributed by atoms with E-state index in [2.05, 4.69) is 19.2 Å². The maximum absolute atomic E-state index is 12.0. The molecule has 1 aromatic carbocycles. The lowest BCUT2D eigenvalue weighted by atomic mass is 10.1. The average Bonchev–Trinajstić information content (AvgIpc) is 2.38. The van der Waals surface area contributed by atoms with Crippen molar-refractivity contribution in [2.75, 3.05) is 6.61 Å². The zero-order valence-corrected chi connectivity index (χ0v) is 11.9. The Morgan fingerprint density at radius 2 is 2.00 bits per heavy atom. The van der Waals surface area contributed by atoms with Gasteiger partial charge in [-0.2, -0.15) is 0 Å². The van der Waals surface area contributed by atoms with Gasteiger partial charge in [0.05, 0.1) is 11.6 Å². The predicted octanol–water partition coefficient (Wildman–Crippen LogP) is 3.66. The van der Waals surface area contributed by atoms with Crippen molar-refractivity contribution >= 4 is 17.5 Å². The highest BCUT2D eigenvalue weighted by atomic mass is 35.5. The maximum atomic E-state index is 12.0. The fourth-order valence-electron chi connectivity index (χ4n) is 1.68. The Hall–Kier alpha value is -1.22. The molecule has 0 aliphatic rings. The number of hydrogen-bond donors (Lipinski definition) is 1. The molecule has 0 aliphatic heterocycles. The van der Waals surface area contributed by atoms with Crippen molar-refractivity contribution in [3.05, 3.63) is 28.8 Å². The molecule has 0 heterocycles. The molecule has 1 rings (SSSR count). The van der Waals surface area contributed by atoms with Gasteiger partial charge in [0.1, 0.15) is 5.75 Å². The predicted molar refractivity (Wildman–Crippen MR) is 74.5 cm³/mol. The summed E-state index contributed by atoms with van der Waals surface area (Å²) in [5.41, 5.74) is 0.565. The Balaban J connectivity index is 2.78. The smallest absolute Gasteiger partial charge is 0.251 e. The number of carbonyl (C=O) groups is 1. The van der Waals surface area contributed by atoms with Crippen LogP contribution in [0.1, 0.15) is 44.0 Å². The van der Waals surface area contributed by atoms with E-state index in [1.807, 2.05) is 6.92 Å². The number of benzene rings is 1. The van der Waals surface area contributed by atoms with Gasteiger partial charge in [-0.3, -0.25) is 4.79 Å². The van der Waals surface area contributed by atoms with Crippen LogP contribution >= 0.6 is 11.6 Å². The largest absolute Gasteiger partial charge is 0.492 e. The SMILES string of the molecule is CCOc1ccc(C(=O)NC(CC)CC)cc1Cl. The fraction of sp³-hybridized carbons (Fsp3) is 0.500. The van der Waals surface area contributed by atoms with Crippen LogP contribution in [0.15, 0.2) is 18.2 Å². The van der Waals surface area contributed by atoms with Crippen LogP contribution in [0.4, 0.5) is 0 Å². The van der Waals surface area contributed by atoms with Crippen LogP contribution in [0.3, 0.4) is 0 Å². The summed E-state index contributed by atoms with van der Waals surface area (Å²) in [6, 6.07) is 5.31. The summed E-state index contributed by atoms with van der Waals surface area (Å²) >= 11 is 6.05. The van der Waals surface area contributed by atoms with Gasteiger partial charge in [-0.05, 0) is 38.0 Å². The summed E-state index contributed by atoms with van der Waals surface area (Å²) in [6.07, 6.45) is 1.85. The van der Waals surface area contributed by atoms with Crippen LogP contribution in [0, 0.1) is 0 Å². The summed E-state index contributed by atoms with van der Waals surface area (Å²) in [6.45, 7) is 6.56. The first-order valence-corrected chi connectivity index (χ1v) is 6.73. The third-order valence-corrected chi connectivity index (χ3v) is 3.11. The number of nitrogens with one attached hydrogen (secondary N) is 1. The molecule has 0 bridgehead atoms. The van der Waals surface area contributed by atoms with E-state index < -0.39 is 0 Å². The highest BCUT2D eigenvalue weighted by Crippen LogP contribution is 2.25. The van der Waals surface area contributed by atoms with E-state index in [9.17, 15) is 4.79 Å². The molecular weight excluding hydrogens is 250 g/mol. The van der Waals surface area contributed by atoms with E-state index in [4.69, 9.17) is 16.3 Å². The molecule has 4 heteroatoms. The second kappa shape index (κ2) is 7.27. The quantitative estimate of drug-likeness (QED) is 0.856. The Labute approximate surface area is 113 Å². The van der Waals surface area contributed by atoms with Gasteiger partial charge in [0.2, 0.25) is 0 Å². The first-order chi connectivity index (χ1) is 8.62. The van der Waals surface area contributed by atoms with E-state index in [1.54, 1.807) is 18.2 Å². The first kappa shape index (κ1) is 14.8. The topological polar surface area (TPSA) is 38.3 Å². The van der Waals surface area contributed by atoms with Gasteiger partial charge in [-0.15, -0.1) is 0 Å². The van der Waals surface area contributed by atoms with Crippen LogP contribution < -0.4 is 10.1 Å². The summed E-state index contributed by atoms with van der Waals surface area (Å²) in [7, 11) is 0. The average molecular weight is 270 g/mol. The lowest BCUT2D eigenvalue weighted by molar-refractivity contribution is 0.0935. The third-order valence-electron chi connectivity index (χ3n) is 2.81. The Kier molecular flexibility index (Phi) is 5.99. The molecule has 1 amide bonds. The molecule has 18 heavy (non-hydrogen) atoms. The van der Waals surface area contributed by atoms with Crippen LogP contribution in [0.5, 0.6) is 5.75 Å². The van der Waals surface area contributed by atoms with Crippen LogP contribution in [0.25, 0.3) is 0 Å². The number of amides is 1. The Morgan fingerprint density at radius 1 is 1.33 bits per heavy atom. The number of rotatable bonds is 6. The molecule has 0 radical (unpaired) electrons. The van der Waals surface area contributed by atoms with E-state index in [1.165, 1.54) is 0 Å². The van der Waals surface area contributed by atoms with Crippen molar-refractivity contribution in [3.63, 3.8) is 0 Å². The second-order valence-corrected chi connectivity index (χ2v) is 4.47. The van der Waals surface area contributed by atoms with Crippen molar-refractivity contribution < 1.29 is 9.53 Å². The molecule has 1 aromatic rings. The van der Waals surface area contributed by atoms with Crippen molar-refractivity contribution in [1.29, 1.82) is 0 Å². The molecule has 0 aromatic heterocycles. The van der Waals surface area contributed by atoms with Crippen molar-refractivity contribution in [2.24, 2.45) is 0 Å². The fourth-order valence-corrected chi connectivity index (χ4v) is 1.91. The number of carbonyl (C=O) groups excluding carboxylic acids is 1. The van der Waals surface area contributed by atoms with Gasteiger partial charge in [-0.1, -0.05) is 25.4 Å². The standard InChI is InChI=1S/C14H20ClNO2/c1-4-11(5-2)16-14(17)10-7-8-13(18-6-3)12(15)9-10/h7-9,11H,4-6H2,1-3H3,(H,16,17). The molecule has 100 valence electrons. The van der Waals surface area contributed by atoms with Gasteiger partial charge in [0.15, 0.2) is 0 Å². The molecule has 1 N–H and O–H groups in total. The molecule has 0 aliphatic carbocycles. The maximum Gasteiger partial charge on any atom is 0.251 e. The molecule has 0 saturated carbocycles. The lowest BCUT2D eigenvalue weighted by Crippen LogP contribution is -2.33. The number of ether oxygens (including phenoxy) is 1. The minimum Gasteiger partial charge on any atom is -0.492 e. The Bertz CT molecular complexity index is 403. The summed E-state index contributed by atoms with van der Waals surface area (Å²) in [5.74, 6) is 0.520. The molecule has 0 atom stereocenters. The summed E-state index contributed by atoms with van der Waals surface area (Å²) < 4.78 is 5.33. The van der Waals surface area contributed by atoms with Crippen LogP contribution in [0.2, 0.25) is 5.02 Å².